The first kappa shape index (κ1) is 12.5. The van der Waals surface area contributed by atoms with Gasteiger partial charge in [0.05, 0.1) is 5.56 Å². The highest BCUT2D eigenvalue weighted by Gasteiger charge is 2.13. The zero-order valence-corrected chi connectivity index (χ0v) is 10.1. The van der Waals surface area contributed by atoms with Crippen LogP contribution in [0.25, 0.3) is 0 Å². The van der Waals surface area contributed by atoms with Crippen molar-refractivity contribution in [3.8, 4) is 6.07 Å². The molecule has 1 aromatic heterocycles. The molecule has 0 saturated carbocycles. The van der Waals surface area contributed by atoms with Gasteiger partial charge < -0.3 is 10.6 Å². The van der Waals surface area contributed by atoms with Crippen LogP contribution in [0.4, 0.5) is 5.82 Å². The van der Waals surface area contributed by atoms with Crippen LogP contribution in [0.5, 0.6) is 0 Å². The highest BCUT2D eigenvalue weighted by Crippen LogP contribution is 2.21. The van der Waals surface area contributed by atoms with Crippen molar-refractivity contribution in [3.63, 3.8) is 0 Å². The van der Waals surface area contributed by atoms with Gasteiger partial charge in [0.2, 0.25) is 0 Å². The Hall–Kier alpha value is -1.60. The summed E-state index contributed by atoms with van der Waals surface area (Å²) in [6, 6.07) is 4.15. The molecule has 16 heavy (non-hydrogen) atoms. The van der Waals surface area contributed by atoms with Crippen molar-refractivity contribution in [2.45, 2.75) is 20.8 Å². The van der Waals surface area contributed by atoms with Crippen molar-refractivity contribution in [2.75, 3.05) is 24.5 Å². The predicted molar refractivity (Wildman–Crippen MR) is 65.4 cm³/mol. The third kappa shape index (κ3) is 2.50. The Labute approximate surface area is 96.7 Å². The molecule has 0 aliphatic rings. The summed E-state index contributed by atoms with van der Waals surface area (Å²) < 4.78 is 0. The first-order chi connectivity index (χ1) is 7.63. The summed E-state index contributed by atoms with van der Waals surface area (Å²) in [6.07, 6.45) is 0. The Morgan fingerprint density at radius 3 is 2.69 bits per heavy atom. The molecule has 4 nitrogen and oxygen atoms in total. The molecule has 0 fully saturated rings. The van der Waals surface area contributed by atoms with E-state index in [2.05, 4.69) is 11.1 Å². The lowest BCUT2D eigenvalue weighted by Gasteiger charge is -2.23. The molecule has 0 atom stereocenters. The molecule has 1 rings (SSSR count). The maximum Gasteiger partial charge on any atom is 0.147 e. The van der Waals surface area contributed by atoms with Gasteiger partial charge in [-0.05, 0) is 32.4 Å². The van der Waals surface area contributed by atoms with Gasteiger partial charge in [-0.15, -0.1) is 0 Å². The second-order valence-electron chi connectivity index (χ2n) is 3.76. The van der Waals surface area contributed by atoms with E-state index in [0.29, 0.717) is 12.1 Å². The van der Waals surface area contributed by atoms with Gasteiger partial charge >= 0.3 is 0 Å². The third-order valence-corrected chi connectivity index (χ3v) is 2.52. The fourth-order valence-electron chi connectivity index (χ4n) is 1.75. The van der Waals surface area contributed by atoms with Gasteiger partial charge in [-0.3, -0.25) is 0 Å². The van der Waals surface area contributed by atoms with Crippen LogP contribution in [0.2, 0.25) is 0 Å². The number of rotatable bonds is 4. The van der Waals surface area contributed by atoms with E-state index in [-0.39, 0.29) is 0 Å². The van der Waals surface area contributed by atoms with Crippen molar-refractivity contribution < 1.29 is 0 Å². The molecule has 0 aliphatic heterocycles. The molecule has 0 bridgehead atoms. The number of nitriles is 1. The van der Waals surface area contributed by atoms with Gasteiger partial charge in [0.15, 0.2) is 0 Å². The van der Waals surface area contributed by atoms with Crippen molar-refractivity contribution in [1.82, 2.24) is 4.98 Å². The summed E-state index contributed by atoms with van der Waals surface area (Å²) >= 11 is 0. The molecule has 0 aliphatic carbocycles. The number of pyridine rings is 1. The van der Waals surface area contributed by atoms with E-state index < -0.39 is 0 Å². The fourth-order valence-corrected chi connectivity index (χ4v) is 1.75. The second-order valence-corrected chi connectivity index (χ2v) is 3.76. The molecule has 0 saturated heterocycles. The summed E-state index contributed by atoms with van der Waals surface area (Å²) in [5.41, 5.74) is 8.12. The van der Waals surface area contributed by atoms with E-state index >= 15 is 0 Å². The Kier molecular flexibility index (Phi) is 4.27. The lowest BCUT2D eigenvalue weighted by atomic mass is 10.1. The molecular formula is C12H18N4. The average Bonchev–Trinajstić information content (AvgIpc) is 2.25. The molecule has 0 amide bonds. The maximum atomic E-state index is 9.15. The molecular weight excluding hydrogens is 200 g/mol. The number of nitrogens with zero attached hydrogens (tertiary/aromatic N) is 3. The molecule has 0 aromatic carbocycles. The molecule has 0 unspecified atom stereocenters. The van der Waals surface area contributed by atoms with E-state index in [4.69, 9.17) is 11.0 Å². The topological polar surface area (TPSA) is 65.9 Å². The molecule has 4 heteroatoms. The number of hydrogen-bond acceptors (Lipinski definition) is 4. The molecule has 0 radical (unpaired) electrons. The highest BCUT2D eigenvalue weighted by atomic mass is 15.2. The lowest BCUT2D eigenvalue weighted by Crippen LogP contribution is -2.30. The summed E-state index contributed by atoms with van der Waals surface area (Å²) in [6.45, 7) is 8.01. The Morgan fingerprint density at radius 1 is 1.50 bits per heavy atom. The van der Waals surface area contributed by atoms with Crippen LogP contribution < -0.4 is 10.6 Å². The monoisotopic (exact) mass is 218 g/mol. The molecule has 2 N–H and O–H groups in total. The zero-order valence-electron chi connectivity index (χ0n) is 10.1. The van der Waals surface area contributed by atoms with E-state index in [1.54, 1.807) is 0 Å². The van der Waals surface area contributed by atoms with E-state index in [1.165, 1.54) is 0 Å². The number of anilines is 1. The van der Waals surface area contributed by atoms with Gasteiger partial charge in [-0.25, -0.2) is 4.98 Å². The first-order valence-electron chi connectivity index (χ1n) is 5.47. The SMILES string of the molecule is CCN(CCN)c1nc(C)cc(C)c1C#N. The fraction of sp³-hybridized carbons (Fsp3) is 0.500. The van der Waals surface area contributed by atoms with Gasteiger partial charge in [0.25, 0.3) is 0 Å². The summed E-state index contributed by atoms with van der Waals surface area (Å²) in [5, 5.41) is 9.15. The Bertz CT molecular complexity index is 406. The number of nitrogens with two attached hydrogens (primary N) is 1. The van der Waals surface area contributed by atoms with Crippen LogP contribution in [0.1, 0.15) is 23.7 Å². The zero-order chi connectivity index (χ0) is 12.1. The van der Waals surface area contributed by atoms with Gasteiger partial charge in [0.1, 0.15) is 11.9 Å². The van der Waals surface area contributed by atoms with Gasteiger partial charge in [0, 0.05) is 25.3 Å². The van der Waals surface area contributed by atoms with E-state index in [0.717, 1.165) is 30.2 Å². The van der Waals surface area contributed by atoms with Crippen molar-refractivity contribution in [3.05, 3.63) is 22.9 Å². The van der Waals surface area contributed by atoms with Crippen LogP contribution in [0, 0.1) is 25.2 Å². The predicted octanol–water partition coefficient (Wildman–Crippen LogP) is 1.36. The highest BCUT2D eigenvalue weighted by molar-refractivity contribution is 5.58. The minimum atomic E-state index is 0.563. The van der Waals surface area contributed by atoms with Crippen LogP contribution in [-0.2, 0) is 0 Å². The van der Waals surface area contributed by atoms with Gasteiger partial charge in [-0.1, -0.05) is 0 Å². The Morgan fingerprint density at radius 2 is 2.19 bits per heavy atom. The quantitative estimate of drug-likeness (QED) is 0.828. The normalized spacial score (nSPS) is 9.94. The smallest absolute Gasteiger partial charge is 0.147 e. The number of aryl methyl sites for hydroxylation is 2. The number of aromatic nitrogens is 1. The molecule has 0 spiro atoms. The third-order valence-electron chi connectivity index (χ3n) is 2.52. The van der Waals surface area contributed by atoms with Crippen LogP contribution >= 0.6 is 0 Å². The van der Waals surface area contributed by atoms with Crippen molar-refractivity contribution in [1.29, 1.82) is 5.26 Å². The average molecular weight is 218 g/mol. The summed E-state index contributed by atoms with van der Waals surface area (Å²) in [7, 11) is 0. The minimum absolute atomic E-state index is 0.563. The van der Waals surface area contributed by atoms with E-state index in [9.17, 15) is 0 Å². The summed E-state index contributed by atoms with van der Waals surface area (Å²) in [5.74, 6) is 0.757. The Balaban J connectivity index is 3.24. The van der Waals surface area contributed by atoms with Gasteiger partial charge in [-0.2, -0.15) is 5.26 Å². The largest absolute Gasteiger partial charge is 0.355 e. The molecule has 86 valence electrons. The first-order valence-corrected chi connectivity index (χ1v) is 5.47. The van der Waals surface area contributed by atoms with Crippen molar-refractivity contribution in [2.24, 2.45) is 5.73 Å². The maximum absolute atomic E-state index is 9.15. The summed E-state index contributed by atoms with van der Waals surface area (Å²) in [4.78, 5) is 6.48. The number of likely N-dealkylation sites (N-methyl/N-ethyl adjacent to an activating group) is 1. The van der Waals surface area contributed by atoms with E-state index in [1.807, 2.05) is 31.7 Å². The van der Waals surface area contributed by atoms with Crippen LogP contribution in [0.15, 0.2) is 6.07 Å². The lowest BCUT2D eigenvalue weighted by molar-refractivity contribution is 0.796. The standard InChI is InChI=1S/C12H18N4/c1-4-16(6-5-13)12-11(8-14)9(2)7-10(3)15-12/h7H,4-6,13H2,1-3H3. The molecule has 1 aromatic rings. The van der Waals surface area contributed by atoms with Crippen LogP contribution in [0.3, 0.4) is 0 Å². The van der Waals surface area contributed by atoms with Crippen molar-refractivity contribution >= 4 is 5.82 Å². The minimum Gasteiger partial charge on any atom is -0.355 e. The number of hydrogen-bond donors (Lipinski definition) is 1. The molecule has 1 heterocycles. The van der Waals surface area contributed by atoms with Crippen LogP contribution in [-0.4, -0.2) is 24.6 Å². The second kappa shape index (κ2) is 5.47.